The fraction of sp³-hybridized carbons (Fsp3) is 0.765. The van der Waals surface area contributed by atoms with Crippen LogP contribution in [-0.2, 0) is 4.74 Å². The zero-order valence-electron chi connectivity index (χ0n) is 14.7. The highest BCUT2D eigenvalue weighted by Gasteiger charge is 2.63. The van der Waals surface area contributed by atoms with Crippen molar-refractivity contribution in [3.05, 3.63) is 12.4 Å². The van der Waals surface area contributed by atoms with Gasteiger partial charge in [-0.1, -0.05) is 41.2 Å². The Morgan fingerprint density at radius 1 is 1.14 bits per heavy atom. The van der Waals surface area contributed by atoms with E-state index < -0.39 is 0 Å². The number of aliphatic imine (C=N–C) groups is 2. The molecule has 2 heterocycles. The third kappa shape index (κ3) is 2.07. The van der Waals surface area contributed by atoms with Crippen molar-refractivity contribution in [2.24, 2.45) is 20.8 Å². The molecule has 4 heteroatoms. The van der Waals surface area contributed by atoms with Crippen LogP contribution in [0.2, 0.25) is 0 Å². The van der Waals surface area contributed by atoms with Crippen molar-refractivity contribution in [3.8, 4) is 0 Å². The molecule has 1 saturated heterocycles. The Bertz CT molecular complexity index is 530. The Labute approximate surface area is 129 Å². The van der Waals surface area contributed by atoms with E-state index in [0.29, 0.717) is 5.82 Å². The maximum absolute atomic E-state index is 6.56. The zero-order valence-corrected chi connectivity index (χ0v) is 14.7. The van der Waals surface area contributed by atoms with E-state index in [1.165, 1.54) is 0 Å². The van der Waals surface area contributed by atoms with E-state index in [1.807, 2.05) is 13.8 Å². The van der Waals surface area contributed by atoms with Crippen molar-refractivity contribution in [1.29, 1.82) is 0 Å². The second kappa shape index (κ2) is 4.67. The minimum absolute atomic E-state index is 0.0240. The Morgan fingerprint density at radius 3 is 2.14 bits per heavy atom. The van der Waals surface area contributed by atoms with Crippen LogP contribution in [0, 0.1) is 10.8 Å². The van der Waals surface area contributed by atoms with E-state index in [-0.39, 0.29) is 22.7 Å². The molecule has 0 aromatic heterocycles. The lowest BCUT2D eigenvalue weighted by molar-refractivity contribution is -0.0990. The van der Waals surface area contributed by atoms with Gasteiger partial charge in [0.05, 0.1) is 5.60 Å². The fourth-order valence-corrected chi connectivity index (χ4v) is 3.48. The fourth-order valence-electron chi connectivity index (χ4n) is 3.48. The maximum atomic E-state index is 6.56. The summed E-state index contributed by atoms with van der Waals surface area (Å²) in [5, 5.41) is 0. The second-order valence-electron chi connectivity index (χ2n) is 7.51. The smallest absolute Gasteiger partial charge is 0.143 e. The van der Waals surface area contributed by atoms with Crippen molar-refractivity contribution in [2.75, 3.05) is 0 Å². The summed E-state index contributed by atoms with van der Waals surface area (Å²) in [5.74, 6) is 2.37. The van der Waals surface area contributed by atoms with Crippen LogP contribution in [0.3, 0.4) is 0 Å². The average Bonchev–Trinajstić information content (AvgIpc) is 2.47. The van der Waals surface area contributed by atoms with Crippen LogP contribution in [0.25, 0.3) is 0 Å². The molecule has 0 unspecified atom stereocenters. The number of hydrogen-bond acceptors (Lipinski definition) is 4. The van der Waals surface area contributed by atoms with Gasteiger partial charge in [0, 0.05) is 10.8 Å². The Hall–Kier alpha value is -1.16. The highest BCUT2D eigenvalue weighted by atomic mass is 16.5. The van der Waals surface area contributed by atoms with E-state index in [2.05, 4.69) is 63.0 Å². The van der Waals surface area contributed by atoms with Crippen LogP contribution in [0.5, 0.6) is 0 Å². The molecule has 0 spiro atoms. The van der Waals surface area contributed by atoms with Crippen LogP contribution in [0.15, 0.2) is 22.4 Å². The predicted molar refractivity (Wildman–Crippen MR) is 88.3 cm³/mol. The molecule has 0 bridgehead atoms. The van der Waals surface area contributed by atoms with Crippen LogP contribution >= 0.6 is 0 Å². The van der Waals surface area contributed by atoms with Gasteiger partial charge in [-0.05, 0) is 27.2 Å². The summed E-state index contributed by atoms with van der Waals surface area (Å²) >= 11 is 0. The average molecular weight is 291 g/mol. The molecule has 2 aliphatic heterocycles. The lowest BCUT2D eigenvalue weighted by Gasteiger charge is -2.44. The topological polar surface area (TPSA) is 37.2 Å². The quantitative estimate of drug-likeness (QED) is 0.765. The molecule has 2 atom stereocenters. The van der Waals surface area contributed by atoms with E-state index in [0.717, 1.165) is 18.1 Å². The van der Waals surface area contributed by atoms with Crippen molar-refractivity contribution in [3.63, 3.8) is 0 Å². The molecule has 0 amide bonds. The zero-order chi connectivity index (χ0) is 16.2. The van der Waals surface area contributed by atoms with E-state index in [1.54, 1.807) is 0 Å². The first-order valence-electron chi connectivity index (χ1n) is 7.74. The molecule has 0 saturated carbocycles. The van der Waals surface area contributed by atoms with Gasteiger partial charge in [0.1, 0.15) is 23.7 Å². The van der Waals surface area contributed by atoms with Gasteiger partial charge in [-0.25, -0.2) is 9.98 Å². The van der Waals surface area contributed by atoms with E-state index in [9.17, 15) is 0 Å². The molecule has 0 aromatic carbocycles. The number of ether oxygens (including phenoxy) is 1. The first-order valence-corrected chi connectivity index (χ1v) is 7.74. The number of hydrogen-bond donors (Lipinski definition) is 0. The molecule has 0 N–H and O–H groups in total. The number of nitrogens with zero attached hydrogens (tertiary/aromatic N) is 3. The van der Waals surface area contributed by atoms with Crippen molar-refractivity contribution in [1.82, 2.24) is 4.90 Å². The molecular weight excluding hydrogens is 262 g/mol. The normalized spacial score (nSPS) is 34.8. The van der Waals surface area contributed by atoms with Gasteiger partial charge in [0.25, 0.3) is 0 Å². The summed E-state index contributed by atoms with van der Waals surface area (Å²) < 4.78 is 6.56. The largest absolute Gasteiger partial charge is 0.351 e. The minimum Gasteiger partial charge on any atom is -0.351 e. The van der Waals surface area contributed by atoms with Gasteiger partial charge in [-0.3, -0.25) is 4.90 Å². The Morgan fingerprint density at radius 2 is 1.71 bits per heavy atom. The van der Waals surface area contributed by atoms with Crippen molar-refractivity contribution in [2.45, 2.75) is 73.6 Å². The molecule has 0 radical (unpaired) electrons. The van der Waals surface area contributed by atoms with Crippen LogP contribution in [0.4, 0.5) is 0 Å². The van der Waals surface area contributed by atoms with Gasteiger partial charge in [0.2, 0.25) is 0 Å². The third-order valence-electron chi connectivity index (χ3n) is 6.07. The van der Waals surface area contributed by atoms with Gasteiger partial charge in [-0.15, -0.1) is 0 Å². The van der Waals surface area contributed by atoms with Crippen LogP contribution in [-0.4, -0.2) is 28.4 Å². The molecule has 118 valence electrons. The third-order valence-corrected chi connectivity index (χ3v) is 6.07. The number of amidine groups is 2. The molecule has 1 fully saturated rings. The minimum atomic E-state index is -0.183. The summed E-state index contributed by atoms with van der Waals surface area (Å²) in [6, 6.07) is 0. The summed E-state index contributed by atoms with van der Waals surface area (Å²) in [4.78, 5) is 11.0. The van der Waals surface area contributed by atoms with E-state index >= 15 is 0 Å². The van der Waals surface area contributed by atoms with Gasteiger partial charge in [0.15, 0.2) is 0 Å². The Kier molecular flexibility index (Phi) is 3.60. The molecule has 2 rings (SSSR count). The van der Waals surface area contributed by atoms with Crippen LogP contribution < -0.4 is 0 Å². The van der Waals surface area contributed by atoms with Crippen molar-refractivity contribution >= 4 is 11.7 Å². The first-order chi connectivity index (χ1) is 9.48. The van der Waals surface area contributed by atoms with Crippen LogP contribution in [0.1, 0.15) is 61.8 Å². The van der Waals surface area contributed by atoms with Gasteiger partial charge >= 0.3 is 0 Å². The molecule has 21 heavy (non-hydrogen) atoms. The summed E-state index contributed by atoms with van der Waals surface area (Å²) in [5.41, 5.74) is -0.216. The monoisotopic (exact) mass is 291 g/mol. The summed E-state index contributed by atoms with van der Waals surface area (Å²) in [7, 11) is 0. The number of rotatable bonds is 2. The maximum Gasteiger partial charge on any atom is 0.143 e. The molecule has 0 aliphatic carbocycles. The molecule has 0 aromatic rings. The molecule has 2 aliphatic rings. The second-order valence-corrected chi connectivity index (χ2v) is 7.51. The Balaban J connectivity index is 2.47. The summed E-state index contributed by atoms with van der Waals surface area (Å²) in [6.45, 7) is 21.5. The highest BCUT2D eigenvalue weighted by molar-refractivity contribution is 5.98. The van der Waals surface area contributed by atoms with E-state index in [4.69, 9.17) is 4.74 Å². The lowest BCUT2D eigenvalue weighted by Crippen LogP contribution is -2.49. The van der Waals surface area contributed by atoms with Gasteiger partial charge in [-0.2, -0.15) is 0 Å². The standard InChI is InChI=1S/C17H29N3O/c1-10-17(9)16(7,8)15(5,6)14(21-17)20-12(3)18-11(2)19-13(20)4/h14H,3,10H2,1-2,4-9H3/t14-,17-/m1/s1. The van der Waals surface area contributed by atoms with Crippen molar-refractivity contribution < 1.29 is 4.74 Å². The van der Waals surface area contributed by atoms with Gasteiger partial charge < -0.3 is 4.74 Å². The predicted octanol–water partition coefficient (Wildman–Crippen LogP) is 4.19. The SMILES string of the molecule is C=C1N=C(C)N=C(C)N1[C@@H]1O[C@](C)(CC)C(C)(C)C1(C)C. The molecular formula is C17H29N3O. The summed E-state index contributed by atoms with van der Waals surface area (Å²) in [6.07, 6.45) is 0.865. The molecule has 4 nitrogen and oxygen atoms in total. The first kappa shape index (κ1) is 16.2. The lowest BCUT2D eigenvalue weighted by atomic mass is 9.60. The highest BCUT2D eigenvalue weighted by Crippen LogP contribution is 2.60.